The van der Waals surface area contributed by atoms with Crippen molar-refractivity contribution in [1.29, 1.82) is 0 Å². The molecule has 1 aromatic carbocycles. The summed E-state index contributed by atoms with van der Waals surface area (Å²) in [5.74, 6) is -0.857. The SMILES string of the molecule is CC/C(C(=O)O)=C(\C)c1ccc(Cl)cc1. The van der Waals surface area contributed by atoms with E-state index in [1.54, 1.807) is 12.1 Å². The zero-order valence-corrected chi connectivity index (χ0v) is 9.51. The van der Waals surface area contributed by atoms with Crippen molar-refractivity contribution in [2.45, 2.75) is 20.3 Å². The highest BCUT2D eigenvalue weighted by Gasteiger charge is 2.10. The third-order valence-electron chi connectivity index (χ3n) is 2.34. The molecule has 0 fully saturated rings. The molecule has 80 valence electrons. The molecule has 0 aromatic heterocycles. The Hall–Kier alpha value is -1.28. The normalized spacial score (nSPS) is 12.2. The first-order valence-corrected chi connectivity index (χ1v) is 5.13. The van der Waals surface area contributed by atoms with E-state index in [0.29, 0.717) is 17.0 Å². The Balaban J connectivity index is 3.16. The van der Waals surface area contributed by atoms with Crippen LogP contribution in [0.15, 0.2) is 29.8 Å². The number of allylic oxidation sites excluding steroid dienone is 1. The summed E-state index contributed by atoms with van der Waals surface area (Å²) in [4.78, 5) is 10.9. The highest BCUT2D eigenvalue weighted by atomic mass is 35.5. The van der Waals surface area contributed by atoms with Crippen LogP contribution in [-0.2, 0) is 4.79 Å². The van der Waals surface area contributed by atoms with Crippen molar-refractivity contribution >= 4 is 23.1 Å². The molecule has 0 unspecified atom stereocenters. The lowest BCUT2D eigenvalue weighted by atomic mass is 10.00. The molecule has 0 amide bonds. The molecule has 0 aliphatic heterocycles. The maximum Gasteiger partial charge on any atom is 0.331 e. The second kappa shape index (κ2) is 4.99. The van der Waals surface area contributed by atoms with Gasteiger partial charge in [0, 0.05) is 10.6 Å². The number of halogens is 1. The van der Waals surface area contributed by atoms with Gasteiger partial charge in [-0.25, -0.2) is 4.79 Å². The predicted octanol–water partition coefficient (Wildman–Crippen LogP) is 3.61. The third kappa shape index (κ3) is 2.83. The van der Waals surface area contributed by atoms with E-state index in [9.17, 15) is 4.79 Å². The number of rotatable bonds is 3. The van der Waals surface area contributed by atoms with Crippen LogP contribution in [0.1, 0.15) is 25.8 Å². The number of hydrogen-bond acceptors (Lipinski definition) is 1. The smallest absolute Gasteiger partial charge is 0.331 e. The van der Waals surface area contributed by atoms with Crippen LogP contribution >= 0.6 is 11.6 Å². The molecule has 15 heavy (non-hydrogen) atoms. The van der Waals surface area contributed by atoms with E-state index in [4.69, 9.17) is 16.7 Å². The van der Waals surface area contributed by atoms with E-state index in [1.807, 2.05) is 26.0 Å². The average molecular weight is 225 g/mol. The number of carboxylic acid groups (broad SMARTS) is 1. The van der Waals surface area contributed by atoms with E-state index >= 15 is 0 Å². The van der Waals surface area contributed by atoms with Crippen molar-refractivity contribution in [3.8, 4) is 0 Å². The average Bonchev–Trinajstić information content (AvgIpc) is 2.19. The van der Waals surface area contributed by atoms with Crippen LogP contribution in [0.3, 0.4) is 0 Å². The van der Waals surface area contributed by atoms with Crippen molar-refractivity contribution in [2.24, 2.45) is 0 Å². The molecule has 0 radical (unpaired) electrons. The van der Waals surface area contributed by atoms with Crippen molar-refractivity contribution in [3.63, 3.8) is 0 Å². The van der Waals surface area contributed by atoms with E-state index in [2.05, 4.69) is 0 Å². The van der Waals surface area contributed by atoms with Gasteiger partial charge in [0.15, 0.2) is 0 Å². The van der Waals surface area contributed by atoms with Gasteiger partial charge in [-0.05, 0) is 36.6 Å². The summed E-state index contributed by atoms with van der Waals surface area (Å²) in [6, 6.07) is 7.18. The minimum Gasteiger partial charge on any atom is -0.478 e. The lowest BCUT2D eigenvalue weighted by Crippen LogP contribution is -2.01. The molecule has 0 saturated heterocycles. The first kappa shape index (κ1) is 11.8. The summed E-state index contributed by atoms with van der Waals surface area (Å²) in [7, 11) is 0. The number of carbonyl (C=O) groups is 1. The van der Waals surface area contributed by atoms with Crippen LogP contribution in [0.4, 0.5) is 0 Å². The fraction of sp³-hybridized carbons (Fsp3) is 0.250. The summed E-state index contributed by atoms with van der Waals surface area (Å²) in [6.07, 6.45) is 0.518. The number of carboxylic acids is 1. The summed E-state index contributed by atoms with van der Waals surface area (Å²) >= 11 is 5.76. The number of benzene rings is 1. The lowest BCUT2D eigenvalue weighted by molar-refractivity contribution is -0.132. The Morgan fingerprint density at radius 3 is 2.27 bits per heavy atom. The van der Waals surface area contributed by atoms with Crippen molar-refractivity contribution in [1.82, 2.24) is 0 Å². The molecule has 0 aliphatic rings. The zero-order chi connectivity index (χ0) is 11.4. The highest BCUT2D eigenvalue weighted by molar-refractivity contribution is 6.30. The Bertz CT molecular complexity index is 391. The van der Waals surface area contributed by atoms with Crippen LogP contribution in [0, 0.1) is 0 Å². The van der Waals surface area contributed by atoms with Gasteiger partial charge in [0.05, 0.1) is 0 Å². The highest BCUT2D eigenvalue weighted by Crippen LogP contribution is 2.22. The molecule has 0 heterocycles. The fourth-order valence-electron chi connectivity index (χ4n) is 1.45. The van der Waals surface area contributed by atoms with E-state index < -0.39 is 5.97 Å². The van der Waals surface area contributed by atoms with Gasteiger partial charge in [0.1, 0.15) is 0 Å². The quantitative estimate of drug-likeness (QED) is 0.797. The molecule has 0 aliphatic carbocycles. The second-order valence-corrected chi connectivity index (χ2v) is 3.71. The summed E-state index contributed by atoms with van der Waals surface area (Å²) in [5.41, 5.74) is 2.14. The zero-order valence-electron chi connectivity index (χ0n) is 8.75. The number of aliphatic carboxylic acids is 1. The summed E-state index contributed by atoms with van der Waals surface area (Å²) in [5, 5.41) is 9.63. The van der Waals surface area contributed by atoms with Gasteiger partial charge in [-0.1, -0.05) is 30.7 Å². The minimum absolute atomic E-state index is 0.442. The first-order chi connectivity index (χ1) is 7.06. The standard InChI is InChI=1S/C12H13ClO2/c1-3-11(12(14)15)8(2)9-4-6-10(13)7-5-9/h4-7H,3H2,1-2H3,(H,14,15)/b11-8-. The van der Waals surface area contributed by atoms with Crippen LogP contribution in [0.25, 0.3) is 5.57 Å². The molecule has 1 aromatic rings. The molecule has 0 saturated carbocycles. The van der Waals surface area contributed by atoms with Crippen molar-refractivity contribution in [3.05, 3.63) is 40.4 Å². The minimum atomic E-state index is -0.857. The van der Waals surface area contributed by atoms with Gasteiger partial charge in [0.2, 0.25) is 0 Å². The summed E-state index contributed by atoms with van der Waals surface area (Å²) < 4.78 is 0. The first-order valence-electron chi connectivity index (χ1n) is 4.75. The molecule has 2 nitrogen and oxygen atoms in total. The van der Waals surface area contributed by atoms with E-state index in [0.717, 1.165) is 11.1 Å². The van der Waals surface area contributed by atoms with Crippen LogP contribution < -0.4 is 0 Å². The van der Waals surface area contributed by atoms with E-state index in [-0.39, 0.29) is 0 Å². The third-order valence-corrected chi connectivity index (χ3v) is 2.59. The van der Waals surface area contributed by atoms with Crippen molar-refractivity contribution < 1.29 is 9.90 Å². The fourth-order valence-corrected chi connectivity index (χ4v) is 1.58. The number of hydrogen-bond donors (Lipinski definition) is 1. The predicted molar refractivity (Wildman–Crippen MR) is 62.0 cm³/mol. The van der Waals surface area contributed by atoms with Gasteiger partial charge >= 0.3 is 5.97 Å². The lowest BCUT2D eigenvalue weighted by Gasteiger charge is -2.06. The molecule has 0 spiro atoms. The Morgan fingerprint density at radius 2 is 1.87 bits per heavy atom. The van der Waals surface area contributed by atoms with Gasteiger partial charge in [0.25, 0.3) is 0 Å². The van der Waals surface area contributed by atoms with Crippen LogP contribution in [0.2, 0.25) is 5.02 Å². The molecule has 1 rings (SSSR count). The summed E-state index contributed by atoms with van der Waals surface area (Å²) in [6.45, 7) is 3.65. The van der Waals surface area contributed by atoms with Gasteiger partial charge < -0.3 is 5.11 Å². The van der Waals surface area contributed by atoms with E-state index in [1.165, 1.54) is 0 Å². The molecule has 0 bridgehead atoms. The van der Waals surface area contributed by atoms with Crippen molar-refractivity contribution in [2.75, 3.05) is 0 Å². The maximum absolute atomic E-state index is 10.9. The Morgan fingerprint density at radius 1 is 1.33 bits per heavy atom. The Labute approximate surface area is 94.2 Å². The van der Waals surface area contributed by atoms with Gasteiger partial charge in [-0.15, -0.1) is 0 Å². The molecular weight excluding hydrogens is 212 g/mol. The monoisotopic (exact) mass is 224 g/mol. The molecular formula is C12H13ClO2. The molecule has 0 atom stereocenters. The molecule has 1 N–H and O–H groups in total. The van der Waals surface area contributed by atoms with Gasteiger partial charge in [-0.2, -0.15) is 0 Å². The maximum atomic E-state index is 10.9. The second-order valence-electron chi connectivity index (χ2n) is 3.27. The van der Waals surface area contributed by atoms with Gasteiger partial charge in [-0.3, -0.25) is 0 Å². The largest absolute Gasteiger partial charge is 0.478 e. The van der Waals surface area contributed by atoms with Crippen LogP contribution in [0.5, 0.6) is 0 Å². The van der Waals surface area contributed by atoms with Crippen LogP contribution in [-0.4, -0.2) is 11.1 Å². The molecule has 3 heteroatoms. The topological polar surface area (TPSA) is 37.3 Å². The Kier molecular flexibility index (Phi) is 3.92.